The summed E-state index contributed by atoms with van der Waals surface area (Å²) < 4.78 is 2.77. The standard InChI is InChI=1S/C18H16IN3O/c1-12-11-13(2)22(21-12)17-10-6-5-9-16(17)20-18(23)14-7-3-4-8-15(14)19/h3-11H,1-2H3,(H,20,23). The maximum Gasteiger partial charge on any atom is 0.256 e. The number of halogens is 1. The minimum absolute atomic E-state index is 0.121. The summed E-state index contributed by atoms with van der Waals surface area (Å²) in [5.41, 5.74) is 4.23. The van der Waals surface area contributed by atoms with Crippen molar-refractivity contribution in [2.45, 2.75) is 13.8 Å². The summed E-state index contributed by atoms with van der Waals surface area (Å²) in [6.07, 6.45) is 0. The van der Waals surface area contributed by atoms with Crippen LogP contribution in [-0.4, -0.2) is 15.7 Å². The average molecular weight is 417 g/mol. The number of anilines is 1. The molecule has 0 unspecified atom stereocenters. The van der Waals surface area contributed by atoms with E-state index in [0.29, 0.717) is 5.56 Å². The lowest BCUT2D eigenvalue weighted by Crippen LogP contribution is -2.15. The van der Waals surface area contributed by atoms with Gasteiger partial charge in [-0.25, -0.2) is 4.68 Å². The normalized spacial score (nSPS) is 10.6. The Morgan fingerprint density at radius 3 is 2.48 bits per heavy atom. The molecule has 0 radical (unpaired) electrons. The Labute approximate surface area is 148 Å². The van der Waals surface area contributed by atoms with Crippen molar-refractivity contribution in [1.29, 1.82) is 0 Å². The van der Waals surface area contributed by atoms with Gasteiger partial charge in [-0.1, -0.05) is 24.3 Å². The van der Waals surface area contributed by atoms with Crippen LogP contribution >= 0.6 is 22.6 Å². The fourth-order valence-electron chi connectivity index (χ4n) is 2.47. The van der Waals surface area contributed by atoms with Crippen LogP contribution in [0, 0.1) is 17.4 Å². The molecule has 0 fully saturated rings. The number of amides is 1. The summed E-state index contributed by atoms with van der Waals surface area (Å²) in [4.78, 5) is 12.6. The maximum atomic E-state index is 12.6. The molecule has 0 aliphatic carbocycles. The Hall–Kier alpha value is -2.15. The molecular formula is C18H16IN3O. The largest absolute Gasteiger partial charge is 0.320 e. The molecule has 0 bridgehead atoms. The van der Waals surface area contributed by atoms with Gasteiger partial charge in [0.05, 0.1) is 22.6 Å². The predicted molar refractivity (Wildman–Crippen MR) is 100 cm³/mol. The van der Waals surface area contributed by atoms with Crippen molar-refractivity contribution >= 4 is 34.2 Å². The van der Waals surface area contributed by atoms with E-state index in [4.69, 9.17) is 0 Å². The number of aryl methyl sites for hydroxylation is 2. The molecule has 116 valence electrons. The second-order valence-electron chi connectivity index (χ2n) is 5.29. The van der Waals surface area contributed by atoms with Gasteiger partial charge < -0.3 is 5.32 Å². The van der Waals surface area contributed by atoms with Gasteiger partial charge in [-0.2, -0.15) is 5.10 Å². The number of carbonyl (C=O) groups is 1. The van der Waals surface area contributed by atoms with E-state index in [2.05, 4.69) is 33.0 Å². The minimum Gasteiger partial charge on any atom is -0.320 e. The van der Waals surface area contributed by atoms with E-state index in [0.717, 1.165) is 26.3 Å². The van der Waals surface area contributed by atoms with Gasteiger partial charge in [0, 0.05) is 9.26 Å². The third-order valence-electron chi connectivity index (χ3n) is 3.51. The molecule has 3 aromatic rings. The molecule has 0 saturated carbocycles. The fraction of sp³-hybridized carbons (Fsp3) is 0.111. The van der Waals surface area contributed by atoms with Crippen molar-refractivity contribution in [2.24, 2.45) is 0 Å². The van der Waals surface area contributed by atoms with Gasteiger partial charge in [-0.3, -0.25) is 4.79 Å². The molecule has 1 N–H and O–H groups in total. The zero-order chi connectivity index (χ0) is 16.4. The first-order valence-electron chi connectivity index (χ1n) is 7.25. The number of nitrogens with one attached hydrogen (secondary N) is 1. The van der Waals surface area contributed by atoms with Gasteiger partial charge in [0.25, 0.3) is 5.91 Å². The summed E-state index contributed by atoms with van der Waals surface area (Å²) in [7, 11) is 0. The Kier molecular flexibility index (Phi) is 4.47. The zero-order valence-corrected chi connectivity index (χ0v) is 15.0. The Balaban J connectivity index is 1.97. The molecule has 1 heterocycles. The van der Waals surface area contributed by atoms with E-state index in [1.165, 1.54) is 0 Å². The van der Waals surface area contributed by atoms with Crippen LogP contribution in [0.5, 0.6) is 0 Å². The highest BCUT2D eigenvalue weighted by Gasteiger charge is 2.13. The van der Waals surface area contributed by atoms with E-state index in [-0.39, 0.29) is 5.91 Å². The number of carbonyl (C=O) groups excluding carboxylic acids is 1. The van der Waals surface area contributed by atoms with Crippen molar-refractivity contribution in [3.63, 3.8) is 0 Å². The second kappa shape index (κ2) is 6.54. The van der Waals surface area contributed by atoms with Crippen LogP contribution in [0.2, 0.25) is 0 Å². The van der Waals surface area contributed by atoms with Crippen LogP contribution in [0.25, 0.3) is 5.69 Å². The first-order valence-corrected chi connectivity index (χ1v) is 8.32. The Morgan fingerprint density at radius 2 is 1.78 bits per heavy atom. The van der Waals surface area contributed by atoms with Gasteiger partial charge in [0.2, 0.25) is 0 Å². The van der Waals surface area contributed by atoms with Crippen molar-refractivity contribution < 1.29 is 4.79 Å². The zero-order valence-electron chi connectivity index (χ0n) is 12.9. The first-order chi connectivity index (χ1) is 11.1. The highest BCUT2D eigenvalue weighted by molar-refractivity contribution is 14.1. The monoisotopic (exact) mass is 417 g/mol. The van der Waals surface area contributed by atoms with Crippen LogP contribution in [-0.2, 0) is 0 Å². The Morgan fingerprint density at radius 1 is 1.09 bits per heavy atom. The molecular weight excluding hydrogens is 401 g/mol. The lowest BCUT2D eigenvalue weighted by atomic mass is 10.2. The molecule has 5 heteroatoms. The Bertz CT molecular complexity index is 870. The third-order valence-corrected chi connectivity index (χ3v) is 4.45. The quantitative estimate of drug-likeness (QED) is 0.645. The summed E-state index contributed by atoms with van der Waals surface area (Å²) in [5, 5.41) is 7.50. The van der Waals surface area contributed by atoms with Crippen molar-refractivity contribution in [3.8, 4) is 5.69 Å². The fourth-order valence-corrected chi connectivity index (χ4v) is 3.10. The van der Waals surface area contributed by atoms with E-state index in [1.807, 2.05) is 73.1 Å². The SMILES string of the molecule is Cc1cc(C)n(-c2ccccc2NC(=O)c2ccccc2I)n1. The van der Waals surface area contributed by atoms with Gasteiger partial charge in [0.1, 0.15) is 0 Å². The molecule has 0 atom stereocenters. The molecule has 0 aliphatic heterocycles. The molecule has 1 aromatic heterocycles. The third kappa shape index (κ3) is 3.29. The van der Waals surface area contributed by atoms with Crippen LogP contribution in [0.1, 0.15) is 21.7 Å². The number of rotatable bonds is 3. The number of hydrogen-bond donors (Lipinski definition) is 1. The maximum absolute atomic E-state index is 12.6. The van der Waals surface area contributed by atoms with Crippen LogP contribution in [0.3, 0.4) is 0 Å². The van der Waals surface area contributed by atoms with E-state index in [9.17, 15) is 4.79 Å². The summed E-state index contributed by atoms with van der Waals surface area (Å²) in [6.45, 7) is 3.95. The van der Waals surface area contributed by atoms with Gasteiger partial charge in [-0.05, 0) is 66.8 Å². The number of hydrogen-bond acceptors (Lipinski definition) is 2. The molecule has 4 nitrogen and oxygen atoms in total. The molecule has 23 heavy (non-hydrogen) atoms. The highest BCUT2D eigenvalue weighted by atomic mass is 127. The number of para-hydroxylation sites is 2. The summed E-state index contributed by atoms with van der Waals surface area (Å²) >= 11 is 2.17. The highest BCUT2D eigenvalue weighted by Crippen LogP contribution is 2.23. The number of benzene rings is 2. The first kappa shape index (κ1) is 15.7. The molecule has 2 aromatic carbocycles. The van der Waals surface area contributed by atoms with E-state index in [1.54, 1.807) is 0 Å². The van der Waals surface area contributed by atoms with Crippen molar-refractivity contribution in [2.75, 3.05) is 5.32 Å². The average Bonchev–Trinajstić information content (AvgIpc) is 2.86. The van der Waals surface area contributed by atoms with Crippen LogP contribution in [0.4, 0.5) is 5.69 Å². The summed E-state index contributed by atoms with van der Waals surface area (Å²) in [6, 6.07) is 17.2. The van der Waals surface area contributed by atoms with Gasteiger partial charge in [0.15, 0.2) is 0 Å². The number of nitrogens with zero attached hydrogens (tertiary/aromatic N) is 2. The molecule has 0 aliphatic rings. The van der Waals surface area contributed by atoms with Crippen LogP contribution in [0.15, 0.2) is 54.6 Å². The molecule has 0 saturated heterocycles. The van der Waals surface area contributed by atoms with Gasteiger partial charge >= 0.3 is 0 Å². The topological polar surface area (TPSA) is 46.9 Å². The van der Waals surface area contributed by atoms with Crippen molar-refractivity contribution in [3.05, 3.63) is 75.1 Å². The smallest absolute Gasteiger partial charge is 0.256 e. The van der Waals surface area contributed by atoms with E-state index >= 15 is 0 Å². The lowest BCUT2D eigenvalue weighted by Gasteiger charge is -2.13. The van der Waals surface area contributed by atoms with Gasteiger partial charge in [-0.15, -0.1) is 0 Å². The molecule has 1 amide bonds. The summed E-state index contributed by atoms with van der Waals surface area (Å²) in [5.74, 6) is -0.121. The van der Waals surface area contributed by atoms with Crippen LogP contribution < -0.4 is 5.32 Å². The van der Waals surface area contributed by atoms with Crippen molar-refractivity contribution in [1.82, 2.24) is 9.78 Å². The predicted octanol–water partition coefficient (Wildman–Crippen LogP) is 4.35. The van der Waals surface area contributed by atoms with E-state index < -0.39 is 0 Å². The number of aromatic nitrogens is 2. The molecule has 3 rings (SSSR count). The second-order valence-corrected chi connectivity index (χ2v) is 6.45. The molecule has 0 spiro atoms. The minimum atomic E-state index is -0.121. The lowest BCUT2D eigenvalue weighted by molar-refractivity contribution is 0.102.